The van der Waals surface area contributed by atoms with E-state index in [0.717, 1.165) is 37.8 Å². The number of likely N-dealkylation sites (tertiary alicyclic amines) is 1. The third-order valence-electron chi connectivity index (χ3n) is 5.40. The van der Waals surface area contributed by atoms with Crippen LogP contribution in [0.1, 0.15) is 66.7 Å². The Morgan fingerprint density at radius 1 is 1.00 bits per heavy atom. The van der Waals surface area contributed by atoms with Gasteiger partial charge in [0.25, 0.3) is 0 Å². The molecule has 1 heterocycles. The van der Waals surface area contributed by atoms with Crippen molar-refractivity contribution < 1.29 is 4.79 Å². The smallest absolute Gasteiger partial charge is 0.227 e. The van der Waals surface area contributed by atoms with Crippen LogP contribution in [0, 0.1) is 17.3 Å². The molecule has 2 rings (SSSR count). The quantitative estimate of drug-likeness (QED) is 0.846. The van der Waals surface area contributed by atoms with Gasteiger partial charge in [-0.3, -0.25) is 4.79 Å². The van der Waals surface area contributed by atoms with Crippen LogP contribution >= 0.6 is 0 Å². The molecule has 2 aliphatic rings. The average molecular weight is 294 g/mol. The first kappa shape index (κ1) is 16.8. The van der Waals surface area contributed by atoms with E-state index in [1.54, 1.807) is 0 Å². The number of rotatable bonds is 2. The largest absolute Gasteiger partial charge is 0.342 e. The number of amides is 1. The molecule has 1 aliphatic carbocycles. The minimum atomic E-state index is -0.243. The van der Waals surface area contributed by atoms with Crippen molar-refractivity contribution in [3.05, 3.63) is 0 Å². The highest BCUT2D eigenvalue weighted by Gasteiger charge is 2.33. The summed E-state index contributed by atoms with van der Waals surface area (Å²) < 4.78 is 0. The Hall–Kier alpha value is -0.570. The summed E-state index contributed by atoms with van der Waals surface area (Å²) in [5.74, 6) is 1.89. The summed E-state index contributed by atoms with van der Waals surface area (Å²) in [4.78, 5) is 14.4. The molecular weight excluding hydrogens is 260 g/mol. The highest BCUT2D eigenvalue weighted by molar-refractivity contribution is 5.81. The van der Waals surface area contributed by atoms with Crippen LogP contribution in [0.25, 0.3) is 0 Å². The van der Waals surface area contributed by atoms with E-state index in [-0.39, 0.29) is 5.41 Å². The second kappa shape index (κ2) is 6.68. The first-order valence-corrected chi connectivity index (χ1v) is 8.84. The third kappa shape index (κ3) is 4.21. The van der Waals surface area contributed by atoms with Gasteiger partial charge in [0.1, 0.15) is 0 Å². The average Bonchev–Trinajstić information content (AvgIpc) is 2.42. The molecule has 1 N–H and O–H groups in total. The summed E-state index contributed by atoms with van der Waals surface area (Å²) in [6.07, 6.45) is 6.33. The Morgan fingerprint density at radius 2 is 1.52 bits per heavy atom. The van der Waals surface area contributed by atoms with E-state index in [4.69, 9.17) is 0 Å². The minimum absolute atomic E-state index is 0.243. The van der Waals surface area contributed by atoms with Crippen molar-refractivity contribution in [3.63, 3.8) is 0 Å². The fourth-order valence-electron chi connectivity index (χ4n) is 4.01. The van der Waals surface area contributed by atoms with Gasteiger partial charge in [0.05, 0.1) is 0 Å². The summed E-state index contributed by atoms with van der Waals surface area (Å²) in [5.41, 5.74) is -0.243. The molecule has 1 saturated heterocycles. The lowest BCUT2D eigenvalue weighted by molar-refractivity contribution is -0.140. The zero-order valence-corrected chi connectivity index (χ0v) is 14.6. The Bertz CT molecular complexity index is 343. The molecule has 1 aliphatic heterocycles. The molecule has 0 radical (unpaired) electrons. The minimum Gasteiger partial charge on any atom is -0.342 e. The molecule has 0 aromatic rings. The molecule has 3 heteroatoms. The number of hydrogen-bond donors (Lipinski definition) is 1. The first-order valence-electron chi connectivity index (χ1n) is 8.84. The van der Waals surface area contributed by atoms with E-state index >= 15 is 0 Å². The number of carbonyl (C=O) groups is 1. The second-order valence-corrected chi connectivity index (χ2v) is 8.39. The Labute approximate surface area is 130 Å². The van der Waals surface area contributed by atoms with Crippen molar-refractivity contribution in [2.75, 3.05) is 13.1 Å². The highest BCUT2D eigenvalue weighted by atomic mass is 16.2. The molecule has 1 amide bonds. The Morgan fingerprint density at radius 3 is 2.00 bits per heavy atom. The zero-order valence-electron chi connectivity index (χ0n) is 14.6. The van der Waals surface area contributed by atoms with Gasteiger partial charge in [-0.05, 0) is 37.5 Å². The van der Waals surface area contributed by atoms with Crippen LogP contribution in [-0.2, 0) is 4.79 Å². The van der Waals surface area contributed by atoms with E-state index in [1.807, 2.05) is 20.8 Å². The van der Waals surface area contributed by atoms with Gasteiger partial charge in [-0.15, -0.1) is 0 Å². The first-order chi connectivity index (χ1) is 9.79. The van der Waals surface area contributed by atoms with Crippen LogP contribution in [0.2, 0.25) is 0 Å². The van der Waals surface area contributed by atoms with Crippen molar-refractivity contribution in [2.24, 2.45) is 17.3 Å². The normalized spacial score (nSPS) is 32.2. The van der Waals surface area contributed by atoms with Crippen molar-refractivity contribution in [2.45, 2.75) is 78.8 Å². The Balaban J connectivity index is 1.83. The van der Waals surface area contributed by atoms with Crippen LogP contribution in [0.15, 0.2) is 0 Å². The molecule has 21 heavy (non-hydrogen) atoms. The molecule has 122 valence electrons. The standard InChI is InChI=1S/C18H34N2O/c1-13-7-6-8-14(2)16(13)19-15-9-11-20(12-10-15)17(21)18(3,4)5/h13-16,19H,6-12H2,1-5H3. The van der Waals surface area contributed by atoms with Crippen LogP contribution in [-0.4, -0.2) is 36.0 Å². The summed E-state index contributed by atoms with van der Waals surface area (Å²) >= 11 is 0. The molecule has 2 unspecified atom stereocenters. The summed E-state index contributed by atoms with van der Waals surface area (Å²) in [6.45, 7) is 12.7. The molecule has 2 fully saturated rings. The van der Waals surface area contributed by atoms with Crippen LogP contribution in [0.5, 0.6) is 0 Å². The molecule has 3 nitrogen and oxygen atoms in total. The van der Waals surface area contributed by atoms with Crippen molar-refractivity contribution >= 4 is 5.91 Å². The van der Waals surface area contributed by atoms with Gasteiger partial charge >= 0.3 is 0 Å². The number of nitrogens with zero attached hydrogens (tertiary/aromatic N) is 1. The van der Waals surface area contributed by atoms with Crippen LogP contribution in [0.4, 0.5) is 0 Å². The predicted molar refractivity (Wildman–Crippen MR) is 88.2 cm³/mol. The molecule has 0 aromatic carbocycles. The van der Waals surface area contributed by atoms with Crippen molar-refractivity contribution in [1.82, 2.24) is 10.2 Å². The van der Waals surface area contributed by atoms with E-state index in [1.165, 1.54) is 19.3 Å². The van der Waals surface area contributed by atoms with Crippen molar-refractivity contribution in [3.8, 4) is 0 Å². The van der Waals surface area contributed by atoms with Gasteiger partial charge in [0.2, 0.25) is 5.91 Å². The van der Waals surface area contributed by atoms with E-state index < -0.39 is 0 Å². The van der Waals surface area contributed by atoms with Crippen LogP contribution < -0.4 is 5.32 Å². The number of carbonyl (C=O) groups excluding carboxylic acids is 1. The van der Waals surface area contributed by atoms with E-state index in [9.17, 15) is 4.79 Å². The second-order valence-electron chi connectivity index (χ2n) is 8.39. The van der Waals surface area contributed by atoms with Gasteiger partial charge in [-0.1, -0.05) is 41.0 Å². The molecule has 0 spiro atoms. The van der Waals surface area contributed by atoms with Gasteiger partial charge < -0.3 is 10.2 Å². The summed E-state index contributed by atoms with van der Waals surface area (Å²) in [5, 5.41) is 3.92. The van der Waals surface area contributed by atoms with Gasteiger partial charge in [-0.25, -0.2) is 0 Å². The maximum absolute atomic E-state index is 12.3. The molecule has 0 aromatic heterocycles. The van der Waals surface area contributed by atoms with E-state index in [2.05, 4.69) is 24.1 Å². The molecular formula is C18H34N2O. The van der Waals surface area contributed by atoms with E-state index in [0.29, 0.717) is 18.0 Å². The molecule has 2 atom stereocenters. The lowest BCUT2D eigenvalue weighted by Crippen LogP contribution is -2.53. The Kier molecular flexibility index (Phi) is 5.34. The van der Waals surface area contributed by atoms with Crippen LogP contribution in [0.3, 0.4) is 0 Å². The third-order valence-corrected chi connectivity index (χ3v) is 5.40. The molecule has 0 bridgehead atoms. The fraction of sp³-hybridized carbons (Fsp3) is 0.944. The van der Waals surface area contributed by atoms with Gasteiger partial charge in [-0.2, -0.15) is 0 Å². The molecule has 1 saturated carbocycles. The monoisotopic (exact) mass is 294 g/mol. The van der Waals surface area contributed by atoms with Gasteiger partial charge in [0.15, 0.2) is 0 Å². The lowest BCUT2D eigenvalue weighted by atomic mass is 9.78. The highest BCUT2D eigenvalue weighted by Crippen LogP contribution is 2.30. The van der Waals surface area contributed by atoms with Gasteiger partial charge in [0, 0.05) is 30.6 Å². The zero-order chi connectivity index (χ0) is 15.6. The number of piperidine rings is 1. The maximum Gasteiger partial charge on any atom is 0.227 e. The topological polar surface area (TPSA) is 32.3 Å². The van der Waals surface area contributed by atoms with Crippen molar-refractivity contribution in [1.29, 1.82) is 0 Å². The maximum atomic E-state index is 12.3. The number of hydrogen-bond acceptors (Lipinski definition) is 2. The number of nitrogens with one attached hydrogen (secondary N) is 1. The summed E-state index contributed by atoms with van der Waals surface area (Å²) in [6, 6.07) is 1.27. The summed E-state index contributed by atoms with van der Waals surface area (Å²) in [7, 11) is 0. The predicted octanol–water partition coefficient (Wildman–Crippen LogP) is 3.44. The lowest BCUT2D eigenvalue weighted by Gasteiger charge is -2.41. The SMILES string of the molecule is CC1CCCC(C)C1NC1CCN(C(=O)C(C)(C)C)CC1. The fourth-order valence-corrected chi connectivity index (χ4v) is 4.01.